The molecule has 0 aliphatic heterocycles. The fourth-order valence-electron chi connectivity index (χ4n) is 2.29. The Hall–Kier alpha value is -2.99. The van der Waals surface area contributed by atoms with E-state index in [-0.39, 0.29) is 12.5 Å². The first-order chi connectivity index (χ1) is 11.7. The summed E-state index contributed by atoms with van der Waals surface area (Å²) in [4.78, 5) is 11.5. The molecule has 0 fully saturated rings. The van der Waals surface area contributed by atoms with Gasteiger partial charge in [-0.3, -0.25) is 4.79 Å². The highest BCUT2D eigenvalue weighted by atomic mass is 16.4. The average Bonchev–Trinajstić information content (AvgIpc) is 3.10. The molecule has 0 unspecified atom stereocenters. The third kappa shape index (κ3) is 3.49. The summed E-state index contributed by atoms with van der Waals surface area (Å²) < 4.78 is 5.68. The van der Waals surface area contributed by atoms with Crippen LogP contribution in [0, 0.1) is 0 Å². The van der Waals surface area contributed by atoms with Crippen LogP contribution in [0.2, 0.25) is 0 Å². The molecule has 2 aromatic carbocycles. The van der Waals surface area contributed by atoms with Gasteiger partial charge in [-0.25, -0.2) is 0 Å². The molecular weight excluding hydrogens is 306 g/mol. The second-order valence-corrected chi connectivity index (χ2v) is 5.31. The second kappa shape index (κ2) is 7.06. The Balaban J connectivity index is 1.73. The normalized spacial score (nSPS) is 10.6. The van der Waals surface area contributed by atoms with Gasteiger partial charge in [0.25, 0.3) is 5.91 Å². The van der Waals surface area contributed by atoms with E-state index in [0.29, 0.717) is 23.8 Å². The molecule has 24 heavy (non-hydrogen) atoms. The zero-order valence-corrected chi connectivity index (χ0v) is 13.2. The molecule has 1 heterocycles. The van der Waals surface area contributed by atoms with Crippen molar-refractivity contribution in [2.45, 2.75) is 13.0 Å². The van der Waals surface area contributed by atoms with Crippen LogP contribution >= 0.6 is 0 Å². The van der Waals surface area contributed by atoms with Crippen LogP contribution in [0.4, 0.5) is 0 Å². The minimum Gasteiger partial charge on any atom is -0.420 e. The third-order valence-corrected chi connectivity index (χ3v) is 3.65. The van der Waals surface area contributed by atoms with Gasteiger partial charge in [-0.05, 0) is 35.4 Å². The van der Waals surface area contributed by atoms with E-state index >= 15 is 0 Å². The number of aliphatic hydroxyl groups excluding tert-OH is 1. The van der Waals surface area contributed by atoms with Crippen LogP contribution in [0.3, 0.4) is 0 Å². The summed E-state index contributed by atoms with van der Waals surface area (Å²) >= 11 is 0. The zero-order chi connectivity index (χ0) is 16.9. The average molecular weight is 323 g/mol. The van der Waals surface area contributed by atoms with Crippen LogP contribution < -0.4 is 5.32 Å². The molecule has 122 valence electrons. The molecule has 0 spiro atoms. The maximum atomic E-state index is 11.5. The minimum atomic E-state index is -0.140. The van der Waals surface area contributed by atoms with Crippen molar-refractivity contribution < 1.29 is 14.3 Å². The number of nitrogens with one attached hydrogen (secondary N) is 1. The van der Waals surface area contributed by atoms with Crippen LogP contribution in [-0.2, 0) is 13.0 Å². The van der Waals surface area contributed by atoms with Gasteiger partial charge >= 0.3 is 0 Å². The van der Waals surface area contributed by atoms with E-state index in [1.165, 1.54) is 0 Å². The van der Waals surface area contributed by atoms with E-state index in [2.05, 4.69) is 15.5 Å². The summed E-state index contributed by atoms with van der Waals surface area (Å²) in [5.41, 5.74) is 3.22. The quantitative estimate of drug-likeness (QED) is 0.751. The van der Waals surface area contributed by atoms with Gasteiger partial charge in [-0.2, -0.15) is 0 Å². The summed E-state index contributed by atoms with van der Waals surface area (Å²) in [5, 5.41) is 19.7. The molecule has 0 atom stereocenters. The first-order valence-electron chi connectivity index (χ1n) is 7.53. The van der Waals surface area contributed by atoms with E-state index < -0.39 is 0 Å². The third-order valence-electron chi connectivity index (χ3n) is 3.65. The van der Waals surface area contributed by atoms with Crippen molar-refractivity contribution in [2.75, 3.05) is 7.05 Å². The fourth-order valence-corrected chi connectivity index (χ4v) is 2.29. The second-order valence-electron chi connectivity index (χ2n) is 5.31. The topological polar surface area (TPSA) is 88.2 Å². The lowest BCUT2D eigenvalue weighted by Gasteiger charge is -2.00. The summed E-state index contributed by atoms with van der Waals surface area (Å²) in [5.74, 6) is 0.789. The molecule has 0 aliphatic carbocycles. The Labute approximate surface area is 139 Å². The number of hydrogen-bond acceptors (Lipinski definition) is 5. The molecule has 6 heteroatoms. The van der Waals surface area contributed by atoms with E-state index in [9.17, 15) is 4.79 Å². The van der Waals surface area contributed by atoms with E-state index in [1.54, 1.807) is 31.3 Å². The van der Waals surface area contributed by atoms with Crippen LogP contribution in [0.25, 0.3) is 11.5 Å². The lowest BCUT2D eigenvalue weighted by atomic mass is 10.1. The highest BCUT2D eigenvalue weighted by Crippen LogP contribution is 2.20. The Kier molecular flexibility index (Phi) is 4.67. The molecule has 0 saturated heterocycles. The SMILES string of the molecule is CNC(=O)c1ccc(-c2nnc(Cc3ccc(CO)cc3)o2)cc1. The summed E-state index contributed by atoms with van der Waals surface area (Å²) in [7, 11) is 1.59. The first kappa shape index (κ1) is 15.9. The molecular formula is C18H17N3O3. The number of benzene rings is 2. The van der Waals surface area contributed by atoms with Crippen LogP contribution in [0.1, 0.15) is 27.4 Å². The van der Waals surface area contributed by atoms with Gasteiger partial charge in [-0.15, -0.1) is 10.2 Å². The maximum absolute atomic E-state index is 11.5. The van der Waals surface area contributed by atoms with E-state index in [0.717, 1.165) is 16.7 Å². The van der Waals surface area contributed by atoms with Gasteiger partial charge in [0.05, 0.1) is 13.0 Å². The highest BCUT2D eigenvalue weighted by Gasteiger charge is 2.10. The number of amides is 1. The number of carbonyl (C=O) groups excluding carboxylic acids is 1. The highest BCUT2D eigenvalue weighted by molar-refractivity contribution is 5.94. The van der Waals surface area contributed by atoms with E-state index in [1.807, 2.05) is 24.3 Å². The number of nitrogens with zero attached hydrogens (tertiary/aromatic N) is 2. The Morgan fingerprint density at radius 2 is 1.71 bits per heavy atom. The van der Waals surface area contributed by atoms with Gasteiger partial charge in [0.1, 0.15) is 0 Å². The molecule has 1 amide bonds. The van der Waals surface area contributed by atoms with Gasteiger partial charge in [0.2, 0.25) is 11.8 Å². The summed E-state index contributed by atoms with van der Waals surface area (Å²) in [6.07, 6.45) is 0.523. The van der Waals surface area contributed by atoms with Crippen molar-refractivity contribution in [3.63, 3.8) is 0 Å². The predicted octanol–water partition coefficient (Wildman–Crippen LogP) is 2.18. The lowest BCUT2D eigenvalue weighted by Crippen LogP contribution is -2.17. The molecule has 0 saturated carbocycles. The number of rotatable bonds is 5. The molecule has 1 aromatic heterocycles. The molecule has 3 rings (SSSR count). The fraction of sp³-hybridized carbons (Fsp3) is 0.167. The minimum absolute atomic E-state index is 0.0248. The van der Waals surface area contributed by atoms with Crippen LogP contribution in [0.5, 0.6) is 0 Å². The number of hydrogen-bond donors (Lipinski definition) is 2. The summed E-state index contributed by atoms with van der Waals surface area (Å²) in [6.45, 7) is 0.0248. The molecule has 0 radical (unpaired) electrons. The van der Waals surface area contributed by atoms with Crippen LogP contribution in [0.15, 0.2) is 52.9 Å². The summed E-state index contributed by atoms with van der Waals surface area (Å²) in [6, 6.07) is 14.6. The van der Waals surface area contributed by atoms with Gasteiger partial charge in [0.15, 0.2) is 0 Å². The molecule has 6 nitrogen and oxygen atoms in total. The van der Waals surface area contributed by atoms with Gasteiger partial charge in [-0.1, -0.05) is 24.3 Å². The van der Waals surface area contributed by atoms with Crippen molar-refractivity contribution >= 4 is 5.91 Å². The zero-order valence-electron chi connectivity index (χ0n) is 13.2. The van der Waals surface area contributed by atoms with Crippen molar-refractivity contribution in [1.29, 1.82) is 0 Å². The number of carbonyl (C=O) groups is 1. The van der Waals surface area contributed by atoms with Gasteiger partial charge < -0.3 is 14.8 Å². The largest absolute Gasteiger partial charge is 0.420 e. The van der Waals surface area contributed by atoms with Gasteiger partial charge in [0, 0.05) is 18.2 Å². The standard InChI is InChI=1S/C18H17N3O3/c1-19-17(23)14-6-8-15(9-7-14)18-21-20-16(24-18)10-12-2-4-13(11-22)5-3-12/h2-9,22H,10-11H2,1H3,(H,19,23). The Morgan fingerprint density at radius 1 is 1.04 bits per heavy atom. The van der Waals surface area contributed by atoms with Crippen molar-refractivity contribution in [3.05, 3.63) is 71.1 Å². The molecule has 3 aromatic rings. The number of aromatic nitrogens is 2. The Morgan fingerprint density at radius 3 is 2.33 bits per heavy atom. The molecule has 2 N–H and O–H groups in total. The molecule has 0 bridgehead atoms. The van der Waals surface area contributed by atoms with Crippen LogP contribution in [-0.4, -0.2) is 28.3 Å². The number of aliphatic hydroxyl groups is 1. The van der Waals surface area contributed by atoms with Crippen molar-refractivity contribution in [1.82, 2.24) is 15.5 Å². The molecule has 0 aliphatic rings. The smallest absolute Gasteiger partial charge is 0.251 e. The van der Waals surface area contributed by atoms with E-state index in [4.69, 9.17) is 9.52 Å². The van der Waals surface area contributed by atoms with Crippen molar-refractivity contribution in [3.8, 4) is 11.5 Å². The van der Waals surface area contributed by atoms with Crippen molar-refractivity contribution in [2.24, 2.45) is 0 Å². The maximum Gasteiger partial charge on any atom is 0.251 e. The Bertz CT molecular complexity index is 823. The lowest BCUT2D eigenvalue weighted by molar-refractivity contribution is 0.0963. The predicted molar refractivity (Wildman–Crippen MR) is 88.3 cm³/mol. The first-order valence-corrected chi connectivity index (χ1v) is 7.53. The monoisotopic (exact) mass is 323 g/mol.